The highest BCUT2D eigenvalue weighted by atomic mass is 31.2. The SMILES string of the molecule is CP(C)(=O)COc1ccc(CCCN)cc1. The Bertz CT molecular complexity index is 356. The molecule has 0 saturated heterocycles. The third-order valence-corrected chi connectivity index (χ3v) is 2.89. The molecule has 4 heteroatoms. The molecule has 0 aliphatic carbocycles. The second kappa shape index (κ2) is 6.07. The van der Waals surface area contributed by atoms with E-state index in [-0.39, 0.29) is 0 Å². The van der Waals surface area contributed by atoms with Crippen molar-refractivity contribution in [2.24, 2.45) is 5.73 Å². The van der Waals surface area contributed by atoms with Crippen LogP contribution in [-0.4, -0.2) is 26.2 Å². The van der Waals surface area contributed by atoms with Crippen molar-refractivity contribution in [1.82, 2.24) is 0 Å². The Balaban J connectivity index is 2.48. The van der Waals surface area contributed by atoms with Gasteiger partial charge in [0.1, 0.15) is 19.2 Å². The summed E-state index contributed by atoms with van der Waals surface area (Å²) in [5, 5.41) is 0. The van der Waals surface area contributed by atoms with Gasteiger partial charge in [-0.1, -0.05) is 12.1 Å². The summed E-state index contributed by atoms with van der Waals surface area (Å²) in [7, 11) is -2.10. The Morgan fingerprint density at radius 1 is 1.25 bits per heavy atom. The fourth-order valence-electron chi connectivity index (χ4n) is 1.29. The van der Waals surface area contributed by atoms with Crippen LogP contribution in [0.4, 0.5) is 0 Å². The summed E-state index contributed by atoms with van der Waals surface area (Å²) in [6.45, 7) is 4.17. The molecule has 1 aromatic carbocycles. The summed E-state index contributed by atoms with van der Waals surface area (Å²) in [5.41, 5.74) is 6.70. The fourth-order valence-corrected chi connectivity index (χ4v) is 1.75. The van der Waals surface area contributed by atoms with Crippen LogP contribution in [0.1, 0.15) is 12.0 Å². The number of benzene rings is 1. The number of rotatable bonds is 6. The number of aryl methyl sites for hydroxylation is 1. The maximum atomic E-state index is 11.5. The van der Waals surface area contributed by atoms with Crippen LogP contribution in [0.25, 0.3) is 0 Å². The smallest absolute Gasteiger partial charge is 0.140 e. The molecule has 0 aliphatic rings. The number of ether oxygens (including phenoxy) is 1. The van der Waals surface area contributed by atoms with E-state index in [0.29, 0.717) is 12.9 Å². The zero-order valence-corrected chi connectivity index (χ0v) is 10.9. The molecule has 1 rings (SSSR count). The molecule has 0 bridgehead atoms. The summed E-state index contributed by atoms with van der Waals surface area (Å²) in [4.78, 5) is 0. The van der Waals surface area contributed by atoms with E-state index in [9.17, 15) is 4.57 Å². The van der Waals surface area contributed by atoms with E-state index >= 15 is 0 Å². The summed E-state index contributed by atoms with van der Waals surface area (Å²) in [6, 6.07) is 7.89. The highest BCUT2D eigenvalue weighted by Gasteiger charge is 2.07. The Morgan fingerprint density at radius 3 is 2.38 bits per heavy atom. The first-order valence-corrected chi connectivity index (χ1v) is 8.26. The van der Waals surface area contributed by atoms with Crippen LogP contribution in [0, 0.1) is 0 Å². The van der Waals surface area contributed by atoms with Crippen LogP contribution in [-0.2, 0) is 11.0 Å². The van der Waals surface area contributed by atoms with Crippen LogP contribution in [0.5, 0.6) is 5.75 Å². The average Bonchev–Trinajstić information content (AvgIpc) is 2.24. The zero-order valence-electron chi connectivity index (χ0n) is 9.98. The number of hydrogen-bond donors (Lipinski definition) is 1. The van der Waals surface area contributed by atoms with Gasteiger partial charge in [0.25, 0.3) is 0 Å². The van der Waals surface area contributed by atoms with Crippen molar-refractivity contribution in [3.8, 4) is 5.75 Å². The van der Waals surface area contributed by atoms with E-state index in [4.69, 9.17) is 10.5 Å². The lowest BCUT2D eigenvalue weighted by Gasteiger charge is -2.09. The van der Waals surface area contributed by atoms with Crippen LogP contribution in [0.15, 0.2) is 24.3 Å². The van der Waals surface area contributed by atoms with Crippen molar-refractivity contribution in [2.45, 2.75) is 12.8 Å². The molecule has 0 saturated carbocycles. The standard InChI is InChI=1S/C12H20NO2P/c1-16(2,14)10-15-12-7-5-11(6-8-12)4-3-9-13/h5-8H,3-4,9-10,13H2,1-2H3. The molecule has 0 aliphatic heterocycles. The van der Waals surface area contributed by atoms with E-state index in [0.717, 1.165) is 18.6 Å². The molecule has 0 amide bonds. The van der Waals surface area contributed by atoms with Gasteiger partial charge < -0.3 is 15.0 Å². The van der Waals surface area contributed by atoms with Crippen LogP contribution >= 0.6 is 7.14 Å². The van der Waals surface area contributed by atoms with Gasteiger partial charge in [0.05, 0.1) is 0 Å². The van der Waals surface area contributed by atoms with Crippen LogP contribution < -0.4 is 10.5 Å². The normalized spacial score (nSPS) is 11.4. The molecular weight excluding hydrogens is 221 g/mol. The molecule has 0 atom stereocenters. The van der Waals surface area contributed by atoms with E-state index in [1.807, 2.05) is 24.3 Å². The van der Waals surface area contributed by atoms with Gasteiger partial charge >= 0.3 is 0 Å². The first kappa shape index (κ1) is 13.3. The predicted molar refractivity (Wildman–Crippen MR) is 68.8 cm³/mol. The highest BCUT2D eigenvalue weighted by molar-refractivity contribution is 7.62. The lowest BCUT2D eigenvalue weighted by atomic mass is 10.1. The molecule has 3 nitrogen and oxygen atoms in total. The predicted octanol–water partition coefficient (Wildman–Crippen LogP) is 2.54. The number of hydrogen-bond acceptors (Lipinski definition) is 3. The Kier molecular flexibility index (Phi) is 5.04. The van der Waals surface area contributed by atoms with Crippen molar-refractivity contribution in [2.75, 3.05) is 26.2 Å². The fraction of sp³-hybridized carbons (Fsp3) is 0.500. The molecule has 1 aromatic rings. The van der Waals surface area contributed by atoms with E-state index in [2.05, 4.69) is 0 Å². The van der Waals surface area contributed by atoms with Gasteiger partial charge in [0, 0.05) is 0 Å². The van der Waals surface area contributed by atoms with Gasteiger partial charge in [0.2, 0.25) is 0 Å². The zero-order chi connectivity index (χ0) is 12.0. The van der Waals surface area contributed by atoms with Crippen molar-refractivity contribution < 1.29 is 9.30 Å². The molecule has 0 aromatic heterocycles. The monoisotopic (exact) mass is 241 g/mol. The topological polar surface area (TPSA) is 52.3 Å². The minimum Gasteiger partial charge on any atom is -0.486 e. The van der Waals surface area contributed by atoms with Crippen molar-refractivity contribution >= 4 is 7.14 Å². The van der Waals surface area contributed by atoms with Crippen molar-refractivity contribution in [3.05, 3.63) is 29.8 Å². The first-order chi connectivity index (χ1) is 7.51. The Morgan fingerprint density at radius 2 is 1.88 bits per heavy atom. The molecular formula is C12H20NO2P. The third kappa shape index (κ3) is 5.34. The summed E-state index contributed by atoms with van der Waals surface area (Å²) in [6.07, 6.45) is 2.30. The van der Waals surface area contributed by atoms with Gasteiger partial charge in [-0.05, 0) is 50.4 Å². The molecule has 0 radical (unpaired) electrons. The summed E-state index contributed by atoms with van der Waals surface area (Å²) < 4.78 is 16.9. The lowest BCUT2D eigenvalue weighted by molar-refractivity contribution is 0.378. The van der Waals surface area contributed by atoms with Crippen LogP contribution in [0.3, 0.4) is 0 Å². The average molecular weight is 241 g/mol. The van der Waals surface area contributed by atoms with Crippen LogP contribution in [0.2, 0.25) is 0 Å². The molecule has 2 N–H and O–H groups in total. The van der Waals surface area contributed by atoms with Gasteiger partial charge in [-0.2, -0.15) is 0 Å². The van der Waals surface area contributed by atoms with Crippen molar-refractivity contribution in [1.29, 1.82) is 0 Å². The van der Waals surface area contributed by atoms with E-state index in [1.54, 1.807) is 13.3 Å². The first-order valence-electron chi connectivity index (χ1n) is 5.47. The minimum absolute atomic E-state index is 0.301. The van der Waals surface area contributed by atoms with E-state index in [1.165, 1.54) is 5.56 Å². The van der Waals surface area contributed by atoms with E-state index < -0.39 is 7.14 Å². The molecule has 16 heavy (non-hydrogen) atoms. The van der Waals surface area contributed by atoms with Gasteiger partial charge in [-0.3, -0.25) is 0 Å². The largest absolute Gasteiger partial charge is 0.486 e. The number of nitrogens with two attached hydrogens (primary N) is 1. The molecule has 0 heterocycles. The van der Waals surface area contributed by atoms with Gasteiger partial charge in [-0.15, -0.1) is 0 Å². The maximum absolute atomic E-state index is 11.5. The lowest BCUT2D eigenvalue weighted by Crippen LogP contribution is -2.00. The highest BCUT2D eigenvalue weighted by Crippen LogP contribution is 2.35. The Hall–Kier alpha value is -0.790. The molecule has 0 spiro atoms. The maximum Gasteiger partial charge on any atom is 0.140 e. The molecule has 0 fully saturated rings. The van der Waals surface area contributed by atoms with Crippen molar-refractivity contribution in [3.63, 3.8) is 0 Å². The summed E-state index contributed by atoms with van der Waals surface area (Å²) >= 11 is 0. The Labute approximate surface area is 97.4 Å². The second-order valence-electron chi connectivity index (χ2n) is 4.38. The van der Waals surface area contributed by atoms with Gasteiger partial charge in [0.15, 0.2) is 0 Å². The quantitative estimate of drug-likeness (QED) is 0.779. The minimum atomic E-state index is -2.10. The molecule has 90 valence electrons. The summed E-state index contributed by atoms with van der Waals surface area (Å²) in [5.74, 6) is 0.778. The second-order valence-corrected chi connectivity index (χ2v) is 7.79. The van der Waals surface area contributed by atoms with Gasteiger partial charge in [-0.25, -0.2) is 0 Å². The third-order valence-electron chi connectivity index (χ3n) is 2.14. The molecule has 0 unspecified atom stereocenters.